The van der Waals surface area contributed by atoms with Crippen LogP contribution in [0.25, 0.3) is 0 Å². The molecule has 4 heteroatoms. The Bertz CT molecular complexity index is 418. The molecule has 1 aromatic heterocycles. The molecule has 0 amide bonds. The van der Waals surface area contributed by atoms with Crippen molar-refractivity contribution in [1.29, 1.82) is 0 Å². The molecule has 21 heavy (non-hydrogen) atoms. The van der Waals surface area contributed by atoms with Crippen molar-refractivity contribution in [3.8, 4) is 0 Å². The molecule has 0 atom stereocenters. The molecule has 1 aromatic rings. The van der Waals surface area contributed by atoms with E-state index in [4.69, 9.17) is 4.98 Å². The summed E-state index contributed by atoms with van der Waals surface area (Å²) in [7, 11) is 0. The van der Waals surface area contributed by atoms with Crippen molar-refractivity contribution in [1.82, 2.24) is 10.3 Å². The van der Waals surface area contributed by atoms with Crippen LogP contribution >= 0.6 is 11.3 Å². The maximum absolute atomic E-state index is 5.00. The Balaban J connectivity index is 3.06. The van der Waals surface area contributed by atoms with E-state index < -0.39 is 0 Å². The fraction of sp³-hybridized carbons (Fsp3) is 0.824. The van der Waals surface area contributed by atoms with Crippen LogP contribution in [-0.4, -0.2) is 24.1 Å². The second kappa shape index (κ2) is 8.14. The zero-order chi connectivity index (χ0) is 16.0. The average Bonchev–Trinajstić information content (AvgIpc) is 2.79. The van der Waals surface area contributed by atoms with Gasteiger partial charge in [0.25, 0.3) is 0 Å². The number of nitrogens with one attached hydrogen (secondary N) is 1. The van der Waals surface area contributed by atoms with E-state index in [-0.39, 0.29) is 5.41 Å². The molecule has 0 bridgehead atoms. The minimum atomic E-state index is 0.104. The van der Waals surface area contributed by atoms with Crippen LogP contribution in [0, 0.1) is 0 Å². The summed E-state index contributed by atoms with van der Waals surface area (Å²) in [5, 5.41) is 4.71. The average molecular weight is 312 g/mol. The van der Waals surface area contributed by atoms with Crippen molar-refractivity contribution in [2.24, 2.45) is 0 Å². The topological polar surface area (TPSA) is 28.2 Å². The highest BCUT2D eigenvalue weighted by Gasteiger charge is 2.25. The smallest absolute Gasteiger partial charge is 0.186 e. The molecule has 1 heterocycles. The number of aromatic nitrogens is 1. The molecular weight excluding hydrogens is 278 g/mol. The van der Waals surface area contributed by atoms with Gasteiger partial charge in [0.15, 0.2) is 5.13 Å². The largest absolute Gasteiger partial charge is 0.346 e. The van der Waals surface area contributed by atoms with Crippen LogP contribution in [0.4, 0.5) is 5.13 Å². The van der Waals surface area contributed by atoms with Gasteiger partial charge in [-0.05, 0) is 33.2 Å². The lowest BCUT2D eigenvalue weighted by atomic mass is 9.91. The molecule has 0 fully saturated rings. The Labute approximate surface area is 135 Å². The fourth-order valence-corrected chi connectivity index (χ4v) is 3.76. The van der Waals surface area contributed by atoms with E-state index in [0.29, 0.717) is 6.04 Å². The van der Waals surface area contributed by atoms with Gasteiger partial charge in [-0.3, -0.25) is 0 Å². The monoisotopic (exact) mass is 311 g/mol. The molecule has 0 aliphatic rings. The summed E-state index contributed by atoms with van der Waals surface area (Å²) < 4.78 is 0. The molecule has 1 N–H and O–H groups in total. The van der Waals surface area contributed by atoms with Crippen molar-refractivity contribution in [2.75, 3.05) is 18.0 Å². The number of nitrogens with zero attached hydrogens (tertiary/aromatic N) is 2. The predicted octanol–water partition coefficient (Wildman–Crippen LogP) is 4.57. The first-order valence-electron chi connectivity index (χ1n) is 8.28. The van der Waals surface area contributed by atoms with E-state index in [1.165, 1.54) is 22.1 Å². The van der Waals surface area contributed by atoms with Gasteiger partial charge in [0.05, 0.1) is 5.69 Å². The van der Waals surface area contributed by atoms with Gasteiger partial charge in [0.2, 0.25) is 0 Å². The molecular formula is C17H33N3S. The Morgan fingerprint density at radius 2 is 1.86 bits per heavy atom. The van der Waals surface area contributed by atoms with E-state index in [0.717, 1.165) is 26.1 Å². The van der Waals surface area contributed by atoms with Crippen molar-refractivity contribution in [3.63, 3.8) is 0 Å². The van der Waals surface area contributed by atoms with Crippen molar-refractivity contribution in [3.05, 3.63) is 10.6 Å². The first-order chi connectivity index (χ1) is 9.81. The number of thiazole rings is 1. The van der Waals surface area contributed by atoms with Gasteiger partial charge in [-0.15, -0.1) is 11.3 Å². The lowest BCUT2D eigenvalue weighted by Gasteiger charge is -2.25. The molecule has 1 rings (SSSR count). The lowest BCUT2D eigenvalue weighted by Crippen LogP contribution is -2.31. The van der Waals surface area contributed by atoms with Gasteiger partial charge < -0.3 is 10.2 Å². The molecule has 0 aliphatic heterocycles. The quantitative estimate of drug-likeness (QED) is 0.713. The molecule has 0 saturated carbocycles. The zero-order valence-electron chi connectivity index (χ0n) is 14.9. The maximum Gasteiger partial charge on any atom is 0.186 e. The van der Waals surface area contributed by atoms with Gasteiger partial charge in [0.1, 0.15) is 0 Å². The zero-order valence-corrected chi connectivity index (χ0v) is 15.7. The molecule has 3 nitrogen and oxygen atoms in total. The third-order valence-corrected chi connectivity index (χ3v) is 4.53. The Kier molecular flexibility index (Phi) is 7.14. The van der Waals surface area contributed by atoms with Gasteiger partial charge in [0, 0.05) is 29.4 Å². The van der Waals surface area contributed by atoms with Gasteiger partial charge in [-0.1, -0.05) is 34.6 Å². The Morgan fingerprint density at radius 3 is 2.33 bits per heavy atom. The van der Waals surface area contributed by atoms with E-state index in [9.17, 15) is 0 Å². The summed E-state index contributed by atoms with van der Waals surface area (Å²) in [4.78, 5) is 8.83. The van der Waals surface area contributed by atoms with Crippen molar-refractivity contribution in [2.45, 2.75) is 79.3 Å². The number of anilines is 1. The minimum Gasteiger partial charge on any atom is -0.346 e. The highest BCUT2D eigenvalue weighted by atomic mass is 32.1. The summed E-state index contributed by atoms with van der Waals surface area (Å²) in [5.41, 5.74) is 1.36. The maximum atomic E-state index is 5.00. The first-order valence-corrected chi connectivity index (χ1v) is 9.10. The Morgan fingerprint density at radius 1 is 1.19 bits per heavy atom. The summed E-state index contributed by atoms with van der Waals surface area (Å²) >= 11 is 1.87. The van der Waals surface area contributed by atoms with Crippen LogP contribution in [0.2, 0.25) is 0 Å². The van der Waals surface area contributed by atoms with Crippen molar-refractivity contribution < 1.29 is 0 Å². The van der Waals surface area contributed by atoms with Crippen LogP contribution in [-0.2, 0) is 12.0 Å². The van der Waals surface area contributed by atoms with Crippen LogP contribution in [0.1, 0.15) is 71.9 Å². The predicted molar refractivity (Wildman–Crippen MR) is 95.6 cm³/mol. The summed E-state index contributed by atoms with van der Waals surface area (Å²) in [5.74, 6) is 0. The molecule has 0 aliphatic carbocycles. The second-order valence-electron chi connectivity index (χ2n) is 6.98. The highest BCUT2D eigenvalue weighted by molar-refractivity contribution is 7.15. The molecule has 0 radical (unpaired) electrons. The molecule has 0 aromatic carbocycles. The first kappa shape index (κ1) is 18.4. The minimum absolute atomic E-state index is 0.104. The van der Waals surface area contributed by atoms with E-state index in [1.54, 1.807) is 0 Å². The third-order valence-electron chi connectivity index (χ3n) is 3.44. The number of hydrogen-bond donors (Lipinski definition) is 1. The van der Waals surface area contributed by atoms with Crippen LogP contribution in [0.15, 0.2) is 0 Å². The van der Waals surface area contributed by atoms with Crippen LogP contribution in [0.3, 0.4) is 0 Å². The number of rotatable bonds is 8. The normalized spacial score (nSPS) is 12.2. The summed E-state index contributed by atoms with van der Waals surface area (Å²) in [6, 6.07) is 0.500. The number of hydrogen-bond acceptors (Lipinski definition) is 4. The van der Waals surface area contributed by atoms with E-state index in [1.807, 2.05) is 11.3 Å². The van der Waals surface area contributed by atoms with E-state index >= 15 is 0 Å². The summed E-state index contributed by atoms with van der Waals surface area (Å²) in [6.07, 6.45) is 2.33. The van der Waals surface area contributed by atoms with Crippen molar-refractivity contribution >= 4 is 16.5 Å². The fourth-order valence-electron chi connectivity index (χ4n) is 2.36. The van der Waals surface area contributed by atoms with Crippen LogP contribution in [0.5, 0.6) is 0 Å². The molecule has 0 spiro atoms. The summed E-state index contributed by atoms with van der Waals surface area (Å²) in [6.45, 7) is 18.8. The molecule has 0 saturated heterocycles. The van der Waals surface area contributed by atoms with E-state index in [2.05, 4.69) is 58.7 Å². The second-order valence-corrected chi connectivity index (χ2v) is 8.04. The molecule has 0 unspecified atom stereocenters. The van der Waals surface area contributed by atoms with Gasteiger partial charge >= 0.3 is 0 Å². The van der Waals surface area contributed by atoms with Gasteiger partial charge in [-0.25, -0.2) is 4.98 Å². The lowest BCUT2D eigenvalue weighted by molar-refractivity contribution is 0.557. The SMILES string of the molecule is CCCNCc1sc(N(CCC)C(C)C)nc1C(C)(C)C. The Hall–Kier alpha value is -0.610. The highest BCUT2D eigenvalue weighted by Crippen LogP contribution is 2.34. The molecule has 122 valence electrons. The standard InChI is InChI=1S/C17H33N3S/c1-8-10-18-12-14-15(17(5,6)7)19-16(21-14)20(11-9-2)13(3)4/h13,18H,8-12H2,1-7H3. The third kappa shape index (κ3) is 5.26. The van der Waals surface area contributed by atoms with Gasteiger partial charge in [-0.2, -0.15) is 0 Å². The van der Waals surface area contributed by atoms with Crippen LogP contribution < -0.4 is 10.2 Å².